The molecule has 0 bridgehead atoms. The minimum Gasteiger partial charge on any atom is -0.489 e. The Morgan fingerprint density at radius 1 is 0.844 bits per heavy atom. The molecule has 3 aromatic carbocycles. The minimum absolute atomic E-state index is 0.0490. The summed E-state index contributed by atoms with van der Waals surface area (Å²) in [5.41, 5.74) is 2.31. The predicted octanol–water partition coefficient (Wildman–Crippen LogP) is 6.99. The van der Waals surface area contributed by atoms with Crippen molar-refractivity contribution in [3.05, 3.63) is 95.9 Å². The summed E-state index contributed by atoms with van der Waals surface area (Å²) in [5, 5.41) is 19.3. The Bertz CT molecular complexity index is 1110. The van der Waals surface area contributed by atoms with Crippen LogP contribution in [0.1, 0.15) is 11.1 Å². The molecule has 0 heterocycles. The van der Waals surface area contributed by atoms with Gasteiger partial charge < -0.3 is 15.4 Å². The van der Waals surface area contributed by atoms with Gasteiger partial charge in [-0.15, -0.1) is 0 Å². The van der Waals surface area contributed by atoms with Crippen LogP contribution in [0.15, 0.2) is 54.6 Å². The third-order valence-electron chi connectivity index (χ3n) is 4.52. The van der Waals surface area contributed by atoms with Crippen molar-refractivity contribution in [2.75, 3.05) is 18.4 Å². The van der Waals surface area contributed by atoms with Gasteiger partial charge in [0.25, 0.3) is 5.69 Å². The quantitative estimate of drug-likeness (QED) is 0.173. The first-order valence-electron chi connectivity index (χ1n) is 9.57. The van der Waals surface area contributed by atoms with Crippen LogP contribution >= 0.6 is 46.4 Å². The third kappa shape index (κ3) is 6.89. The minimum atomic E-state index is -0.483. The van der Waals surface area contributed by atoms with E-state index in [9.17, 15) is 10.1 Å². The maximum absolute atomic E-state index is 10.8. The molecule has 0 aliphatic carbocycles. The van der Waals surface area contributed by atoms with Gasteiger partial charge in [0.15, 0.2) is 0 Å². The number of nitrogens with zero attached hydrogens (tertiary/aromatic N) is 1. The Hall–Kier alpha value is -2.22. The summed E-state index contributed by atoms with van der Waals surface area (Å²) >= 11 is 24.4. The number of benzene rings is 3. The maximum atomic E-state index is 10.8. The van der Waals surface area contributed by atoms with Gasteiger partial charge in [0.1, 0.15) is 12.4 Å². The number of nitrogens with one attached hydrogen (secondary N) is 2. The summed E-state index contributed by atoms with van der Waals surface area (Å²) in [6.45, 7) is 2.00. The summed E-state index contributed by atoms with van der Waals surface area (Å²) in [4.78, 5) is 10.3. The van der Waals surface area contributed by atoms with Gasteiger partial charge >= 0.3 is 0 Å². The second-order valence-electron chi connectivity index (χ2n) is 6.80. The topological polar surface area (TPSA) is 76.4 Å². The molecule has 0 aromatic heterocycles. The number of ether oxygens (including phenoxy) is 1. The van der Waals surface area contributed by atoms with Crippen LogP contribution in [0.5, 0.6) is 5.75 Å². The highest BCUT2D eigenvalue weighted by molar-refractivity contribution is 6.35. The van der Waals surface area contributed by atoms with Gasteiger partial charge in [0.2, 0.25) is 0 Å². The molecule has 0 fully saturated rings. The molecule has 3 aromatic rings. The molecular weight excluding hydrogens is 496 g/mol. The van der Waals surface area contributed by atoms with E-state index in [4.69, 9.17) is 51.1 Å². The number of anilines is 1. The molecule has 0 unspecified atom stereocenters. The second-order valence-corrected chi connectivity index (χ2v) is 8.49. The Morgan fingerprint density at radius 2 is 1.59 bits per heavy atom. The molecule has 10 heteroatoms. The van der Waals surface area contributed by atoms with E-state index in [2.05, 4.69) is 10.6 Å². The Kier molecular flexibility index (Phi) is 8.84. The molecule has 6 nitrogen and oxygen atoms in total. The van der Waals surface area contributed by atoms with E-state index in [1.807, 2.05) is 18.2 Å². The Morgan fingerprint density at radius 3 is 2.31 bits per heavy atom. The van der Waals surface area contributed by atoms with E-state index >= 15 is 0 Å². The van der Waals surface area contributed by atoms with Crippen molar-refractivity contribution in [1.29, 1.82) is 0 Å². The van der Waals surface area contributed by atoms with Gasteiger partial charge in [-0.05, 0) is 36.4 Å². The molecule has 0 atom stereocenters. The number of rotatable bonds is 10. The molecule has 3 rings (SSSR count). The molecular formula is C22H19Cl4N3O3. The zero-order chi connectivity index (χ0) is 23.1. The van der Waals surface area contributed by atoms with Gasteiger partial charge in [0.05, 0.1) is 15.6 Å². The first-order chi connectivity index (χ1) is 15.3. The molecule has 32 heavy (non-hydrogen) atoms. The highest BCUT2D eigenvalue weighted by Gasteiger charge is 2.10. The number of hydrogen-bond acceptors (Lipinski definition) is 5. The Labute approximate surface area is 205 Å². The van der Waals surface area contributed by atoms with E-state index in [0.717, 1.165) is 11.1 Å². The molecule has 0 saturated carbocycles. The number of non-ortho nitro benzene ring substituents is 1. The van der Waals surface area contributed by atoms with E-state index in [1.165, 1.54) is 12.1 Å². The van der Waals surface area contributed by atoms with Crippen LogP contribution in [-0.2, 0) is 13.2 Å². The van der Waals surface area contributed by atoms with Crippen LogP contribution in [0.4, 0.5) is 11.4 Å². The number of nitro benzene ring substituents is 1. The van der Waals surface area contributed by atoms with Crippen molar-refractivity contribution in [3.8, 4) is 5.75 Å². The normalized spacial score (nSPS) is 10.8. The average Bonchev–Trinajstić information content (AvgIpc) is 2.74. The van der Waals surface area contributed by atoms with Crippen molar-refractivity contribution in [3.63, 3.8) is 0 Å². The lowest BCUT2D eigenvalue weighted by Crippen LogP contribution is -2.22. The summed E-state index contributed by atoms with van der Waals surface area (Å²) in [6.07, 6.45) is 0. The Balaban J connectivity index is 1.52. The smallest absolute Gasteiger partial charge is 0.271 e. The fourth-order valence-electron chi connectivity index (χ4n) is 2.89. The number of hydrogen-bond donors (Lipinski definition) is 2. The van der Waals surface area contributed by atoms with Gasteiger partial charge in [-0.3, -0.25) is 10.1 Å². The SMILES string of the molecule is O=[N+]([O-])c1ccc(NCCNCc2cc(Cl)ccc2OCc2ccc(Cl)cc2Cl)c(Cl)c1. The summed E-state index contributed by atoms with van der Waals surface area (Å²) in [6, 6.07) is 15.0. The van der Waals surface area contributed by atoms with E-state index in [0.29, 0.717) is 57.8 Å². The van der Waals surface area contributed by atoms with Crippen molar-refractivity contribution in [2.45, 2.75) is 13.2 Å². The van der Waals surface area contributed by atoms with E-state index < -0.39 is 4.92 Å². The first kappa shape index (κ1) is 24.4. The van der Waals surface area contributed by atoms with Crippen molar-refractivity contribution in [1.82, 2.24) is 5.32 Å². The first-order valence-corrected chi connectivity index (χ1v) is 11.1. The lowest BCUT2D eigenvalue weighted by atomic mass is 10.2. The molecule has 168 valence electrons. The number of nitro groups is 1. The largest absolute Gasteiger partial charge is 0.489 e. The van der Waals surface area contributed by atoms with Gasteiger partial charge in [-0.25, -0.2) is 0 Å². The van der Waals surface area contributed by atoms with E-state index in [1.54, 1.807) is 24.3 Å². The zero-order valence-corrected chi connectivity index (χ0v) is 19.7. The number of halogens is 4. The van der Waals surface area contributed by atoms with Gasteiger partial charge in [0, 0.05) is 58.0 Å². The van der Waals surface area contributed by atoms with Crippen molar-refractivity contribution < 1.29 is 9.66 Å². The second kappa shape index (κ2) is 11.6. The molecule has 0 aliphatic heterocycles. The molecule has 0 amide bonds. The summed E-state index contributed by atoms with van der Waals surface area (Å²) in [7, 11) is 0. The van der Waals surface area contributed by atoms with Crippen molar-refractivity contribution >= 4 is 57.8 Å². The highest BCUT2D eigenvalue weighted by Crippen LogP contribution is 2.27. The van der Waals surface area contributed by atoms with Crippen LogP contribution in [0.3, 0.4) is 0 Å². The fourth-order valence-corrected chi connectivity index (χ4v) is 3.79. The summed E-state index contributed by atoms with van der Waals surface area (Å²) in [5.74, 6) is 0.694. The zero-order valence-electron chi connectivity index (χ0n) is 16.7. The highest BCUT2D eigenvalue weighted by atomic mass is 35.5. The molecule has 0 spiro atoms. The van der Waals surface area contributed by atoms with Gasteiger partial charge in [-0.1, -0.05) is 52.5 Å². The predicted molar refractivity (Wildman–Crippen MR) is 131 cm³/mol. The lowest BCUT2D eigenvalue weighted by molar-refractivity contribution is -0.384. The van der Waals surface area contributed by atoms with Crippen LogP contribution < -0.4 is 15.4 Å². The molecule has 0 saturated heterocycles. The third-order valence-corrected chi connectivity index (χ3v) is 5.65. The monoisotopic (exact) mass is 513 g/mol. The standard InChI is InChI=1S/C22H19Cl4N3O3/c23-16-3-6-22(32-13-14-1-2-17(24)10-19(14)25)15(9-16)12-27-7-8-28-21-5-4-18(29(30)31)11-20(21)26/h1-6,9-11,27-28H,7-8,12-13H2. The maximum Gasteiger partial charge on any atom is 0.271 e. The average molecular weight is 515 g/mol. The fraction of sp³-hybridized carbons (Fsp3) is 0.182. The van der Waals surface area contributed by atoms with Crippen LogP contribution in [-0.4, -0.2) is 18.0 Å². The lowest BCUT2D eigenvalue weighted by Gasteiger charge is -2.14. The van der Waals surface area contributed by atoms with Crippen LogP contribution in [0.25, 0.3) is 0 Å². The van der Waals surface area contributed by atoms with E-state index in [-0.39, 0.29) is 5.69 Å². The van der Waals surface area contributed by atoms with Crippen molar-refractivity contribution in [2.24, 2.45) is 0 Å². The van der Waals surface area contributed by atoms with Crippen LogP contribution in [0, 0.1) is 10.1 Å². The molecule has 0 radical (unpaired) electrons. The van der Waals surface area contributed by atoms with Gasteiger partial charge in [-0.2, -0.15) is 0 Å². The molecule has 2 N–H and O–H groups in total. The van der Waals surface area contributed by atoms with Crippen LogP contribution in [0.2, 0.25) is 20.1 Å². The molecule has 0 aliphatic rings. The summed E-state index contributed by atoms with van der Waals surface area (Å²) < 4.78 is 5.96.